The van der Waals surface area contributed by atoms with Crippen LogP contribution in [0.25, 0.3) is 16.7 Å². The van der Waals surface area contributed by atoms with Crippen LogP contribution in [0.5, 0.6) is 0 Å². The van der Waals surface area contributed by atoms with Crippen LogP contribution in [-0.2, 0) is 0 Å². The lowest BCUT2D eigenvalue weighted by atomic mass is 10.2. The number of aromatic nitrogens is 2. The van der Waals surface area contributed by atoms with E-state index in [2.05, 4.69) is 4.98 Å². The quantitative estimate of drug-likeness (QED) is 0.728. The molecule has 1 heterocycles. The summed E-state index contributed by atoms with van der Waals surface area (Å²) in [5.41, 5.74) is 2.92. The molecule has 0 bridgehead atoms. The number of carbonyl (C=O) groups excluding carboxylic acids is 1. The Kier molecular flexibility index (Phi) is 3.41. The zero-order valence-electron chi connectivity index (χ0n) is 12.7. The van der Waals surface area contributed by atoms with Gasteiger partial charge < -0.3 is 4.90 Å². The lowest BCUT2D eigenvalue weighted by Crippen LogP contribution is -2.21. The van der Waals surface area contributed by atoms with Gasteiger partial charge in [-0.15, -0.1) is 0 Å². The summed E-state index contributed by atoms with van der Waals surface area (Å²) in [5.74, 6) is 0.421. The van der Waals surface area contributed by atoms with E-state index in [1.807, 2.05) is 23.6 Å². The van der Waals surface area contributed by atoms with Crippen molar-refractivity contribution in [3.63, 3.8) is 0 Å². The molecular formula is C17H16FN3O. The molecule has 0 saturated carbocycles. The van der Waals surface area contributed by atoms with Crippen LogP contribution in [0.3, 0.4) is 0 Å². The van der Waals surface area contributed by atoms with E-state index in [1.54, 1.807) is 32.3 Å². The van der Waals surface area contributed by atoms with Gasteiger partial charge in [0.2, 0.25) is 0 Å². The van der Waals surface area contributed by atoms with Crippen LogP contribution in [0, 0.1) is 12.7 Å². The molecule has 4 nitrogen and oxygen atoms in total. The maximum atomic E-state index is 13.5. The second-order valence-electron chi connectivity index (χ2n) is 5.37. The highest BCUT2D eigenvalue weighted by atomic mass is 19.1. The Morgan fingerprint density at radius 3 is 2.45 bits per heavy atom. The summed E-state index contributed by atoms with van der Waals surface area (Å²) in [6.45, 7) is 1.87. The smallest absolute Gasteiger partial charge is 0.253 e. The predicted octanol–water partition coefficient (Wildman–Crippen LogP) is 3.17. The zero-order valence-corrected chi connectivity index (χ0v) is 12.7. The molecular weight excluding hydrogens is 281 g/mol. The fourth-order valence-corrected chi connectivity index (χ4v) is 2.51. The second-order valence-corrected chi connectivity index (χ2v) is 5.37. The van der Waals surface area contributed by atoms with Crippen LogP contribution in [0.1, 0.15) is 16.2 Å². The van der Waals surface area contributed by atoms with Crippen molar-refractivity contribution in [3.8, 4) is 5.69 Å². The number of aryl methyl sites for hydroxylation is 1. The first-order chi connectivity index (χ1) is 10.5. The molecule has 1 aromatic heterocycles. The number of amides is 1. The molecule has 0 unspecified atom stereocenters. The van der Waals surface area contributed by atoms with Crippen molar-refractivity contribution < 1.29 is 9.18 Å². The monoisotopic (exact) mass is 297 g/mol. The first-order valence-electron chi connectivity index (χ1n) is 6.94. The summed E-state index contributed by atoms with van der Waals surface area (Å²) >= 11 is 0. The second kappa shape index (κ2) is 5.26. The average molecular weight is 297 g/mol. The number of rotatable bonds is 2. The third-order valence-electron chi connectivity index (χ3n) is 3.56. The van der Waals surface area contributed by atoms with Crippen molar-refractivity contribution in [1.29, 1.82) is 0 Å². The van der Waals surface area contributed by atoms with Crippen LogP contribution < -0.4 is 0 Å². The Bertz CT molecular complexity index is 850. The SMILES string of the molecule is Cc1nc2ccc(F)cc2n1-c1ccc(C(=O)N(C)C)cc1. The molecule has 112 valence electrons. The minimum atomic E-state index is -0.298. The third-order valence-corrected chi connectivity index (χ3v) is 3.56. The molecule has 0 N–H and O–H groups in total. The topological polar surface area (TPSA) is 38.1 Å². The molecule has 22 heavy (non-hydrogen) atoms. The van der Waals surface area contributed by atoms with Gasteiger partial charge in [-0.3, -0.25) is 9.36 Å². The Hall–Kier alpha value is -2.69. The number of halogens is 1. The lowest BCUT2D eigenvalue weighted by Gasteiger charge is -2.11. The minimum absolute atomic E-state index is 0.0511. The number of hydrogen-bond donors (Lipinski definition) is 0. The summed E-state index contributed by atoms with van der Waals surface area (Å²) in [7, 11) is 3.43. The number of carbonyl (C=O) groups is 1. The highest BCUT2D eigenvalue weighted by Gasteiger charge is 2.12. The Morgan fingerprint density at radius 1 is 1.14 bits per heavy atom. The summed E-state index contributed by atoms with van der Waals surface area (Å²) < 4.78 is 15.4. The molecule has 0 aliphatic heterocycles. The number of fused-ring (bicyclic) bond motifs is 1. The van der Waals surface area contributed by atoms with E-state index in [9.17, 15) is 9.18 Å². The van der Waals surface area contributed by atoms with Crippen molar-refractivity contribution in [3.05, 3.63) is 59.7 Å². The summed E-state index contributed by atoms with van der Waals surface area (Å²) in [6, 6.07) is 11.8. The zero-order chi connectivity index (χ0) is 15.9. The molecule has 0 fully saturated rings. The van der Waals surface area contributed by atoms with Crippen molar-refractivity contribution in [1.82, 2.24) is 14.5 Å². The Labute approximate surface area is 127 Å². The normalized spacial score (nSPS) is 10.9. The van der Waals surface area contributed by atoms with Crippen molar-refractivity contribution in [2.24, 2.45) is 0 Å². The van der Waals surface area contributed by atoms with Crippen molar-refractivity contribution in [2.45, 2.75) is 6.92 Å². The van der Waals surface area contributed by atoms with Gasteiger partial charge in [-0.25, -0.2) is 9.37 Å². The fourth-order valence-electron chi connectivity index (χ4n) is 2.51. The number of nitrogens with zero attached hydrogens (tertiary/aromatic N) is 3. The van der Waals surface area contributed by atoms with Gasteiger partial charge in [0.05, 0.1) is 11.0 Å². The lowest BCUT2D eigenvalue weighted by molar-refractivity contribution is 0.0827. The Morgan fingerprint density at radius 2 is 1.82 bits per heavy atom. The van der Waals surface area contributed by atoms with E-state index >= 15 is 0 Å². The predicted molar refractivity (Wildman–Crippen MR) is 83.8 cm³/mol. The van der Waals surface area contributed by atoms with E-state index in [-0.39, 0.29) is 11.7 Å². The van der Waals surface area contributed by atoms with Gasteiger partial charge in [-0.1, -0.05) is 0 Å². The van der Waals surface area contributed by atoms with Crippen LogP contribution in [0.15, 0.2) is 42.5 Å². The number of benzene rings is 2. The molecule has 5 heteroatoms. The van der Waals surface area contributed by atoms with Gasteiger partial charge in [-0.2, -0.15) is 0 Å². The van der Waals surface area contributed by atoms with Crippen molar-refractivity contribution in [2.75, 3.05) is 14.1 Å². The molecule has 0 atom stereocenters. The molecule has 0 radical (unpaired) electrons. The highest BCUT2D eigenvalue weighted by Crippen LogP contribution is 2.22. The molecule has 2 aromatic carbocycles. The summed E-state index contributed by atoms with van der Waals surface area (Å²) in [6.07, 6.45) is 0. The minimum Gasteiger partial charge on any atom is -0.345 e. The van der Waals surface area contributed by atoms with Crippen LogP contribution in [-0.4, -0.2) is 34.5 Å². The van der Waals surface area contributed by atoms with Gasteiger partial charge in [0.1, 0.15) is 11.6 Å². The van der Waals surface area contributed by atoms with E-state index < -0.39 is 0 Å². The van der Waals surface area contributed by atoms with Crippen molar-refractivity contribution >= 4 is 16.9 Å². The van der Waals surface area contributed by atoms with Gasteiger partial charge in [-0.05, 0) is 43.3 Å². The number of imidazole rings is 1. The van der Waals surface area contributed by atoms with E-state index in [0.29, 0.717) is 11.1 Å². The van der Waals surface area contributed by atoms with Gasteiger partial charge >= 0.3 is 0 Å². The molecule has 1 amide bonds. The van der Waals surface area contributed by atoms with Crippen LogP contribution >= 0.6 is 0 Å². The maximum absolute atomic E-state index is 13.5. The summed E-state index contributed by atoms with van der Waals surface area (Å²) in [4.78, 5) is 17.9. The first kappa shape index (κ1) is 14.3. The fraction of sp³-hybridized carbons (Fsp3) is 0.176. The van der Waals surface area contributed by atoms with E-state index in [1.165, 1.54) is 17.0 Å². The maximum Gasteiger partial charge on any atom is 0.253 e. The largest absolute Gasteiger partial charge is 0.345 e. The van der Waals surface area contributed by atoms with Gasteiger partial charge in [0.15, 0.2) is 0 Å². The highest BCUT2D eigenvalue weighted by molar-refractivity contribution is 5.94. The Balaban J connectivity index is 2.10. The first-order valence-corrected chi connectivity index (χ1v) is 6.94. The summed E-state index contributed by atoms with van der Waals surface area (Å²) in [5, 5.41) is 0. The molecule has 0 aliphatic rings. The van der Waals surface area contributed by atoms with Gasteiger partial charge in [0, 0.05) is 31.4 Å². The standard InChI is InChI=1S/C17H16FN3O/c1-11-19-15-9-6-13(18)10-16(15)21(11)14-7-4-12(5-8-14)17(22)20(2)3/h4-10H,1-3H3. The molecule has 3 rings (SSSR count). The number of hydrogen-bond acceptors (Lipinski definition) is 2. The molecule has 3 aromatic rings. The molecule has 0 aliphatic carbocycles. The van der Waals surface area contributed by atoms with Crippen LogP contribution in [0.4, 0.5) is 4.39 Å². The third kappa shape index (κ3) is 2.35. The van der Waals surface area contributed by atoms with Gasteiger partial charge in [0.25, 0.3) is 5.91 Å². The molecule has 0 spiro atoms. The van der Waals surface area contributed by atoms with Crippen LogP contribution in [0.2, 0.25) is 0 Å². The van der Waals surface area contributed by atoms with E-state index in [4.69, 9.17) is 0 Å². The molecule has 0 saturated heterocycles. The van der Waals surface area contributed by atoms with E-state index in [0.717, 1.165) is 17.0 Å². The average Bonchev–Trinajstić information content (AvgIpc) is 2.82.